The molecule has 2 N–H and O–H groups in total. The van der Waals surface area contributed by atoms with Gasteiger partial charge in [0.15, 0.2) is 6.54 Å². The van der Waals surface area contributed by atoms with Crippen LogP contribution in [0.1, 0.15) is 11.8 Å². The summed E-state index contributed by atoms with van der Waals surface area (Å²) < 4.78 is 12.8. The number of quaternary nitrogens is 1. The molecule has 106 valence electrons. The summed E-state index contributed by atoms with van der Waals surface area (Å²) in [6, 6.07) is 9.91. The van der Waals surface area contributed by atoms with Crippen LogP contribution in [0.15, 0.2) is 41.8 Å². The molecule has 0 saturated carbocycles. The van der Waals surface area contributed by atoms with E-state index in [1.165, 1.54) is 21.9 Å². The maximum Gasteiger partial charge on any atom is 0.279 e. The van der Waals surface area contributed by atoms with Crippen LogP contribution >= 0.6 is 11.3 Å². The normalized spacial score (nSPS) is 12.1. The van der Waals surface area contributed by atoms with Crippen molar-refractivity contribution in [2.24, 2.45) is 0 Å². The minimum atomic E-state index is -0.304. The summed E-state index contributed by atoms with van der Waals surface area (Å²) in [5.74, 6) is -0.355. The number of thiophene rings is 1. The van der Waals surface area contributed by atoms with Gasteiger partial charge >= 0.3 is 0 Å². The van der Waals surface area contributed by atoms with Crippen LogP contribution in [-0.2, 0) is 11.3 Å². The lowest BCUT2D eigenvalue weighted by atomic mass is 10.3. The molecule has 1 aromatic carbocycles. The first-order valence-corrected chi connectivity index (χ1v) is 7.46. The molecule has 0 aliphatic heterocycles. The molecule has 5 heteroatoms. The maximum absolute atomic E-state index is 12.8. The number of amides is 1. The van der Waals surface area contributed by atoms with Gasteiger partial charge in [-0.05, 0) is 42.6 Å². The monoisotopic (exact) mass is 293 g/mol. The highest BCUT2D eigenvalue weighted by Gasteiger charge is 2.13. The summed E-state index contributed by atoms with van der Waals surface area (Å²) in [5.41, 5.74) is 0.628. The van der Waals surface area contributed by atoms with Crippen molar-refractivity contribution in [3.63, 3.8) is 0 Å². The maximum atomic E-state index is 12.8. The quantitative estimate of drug-likeness (QED) is 0.838. The molecule has 0 radical (unpaired) electrons. The summed E-state index contributed by atoms with van der Waals surface area (Å²) in [4.78, 5) is 14.4. The van der Waals surface area contributed by atoms with Gasteiger partial charge in [0, 0.05) is 5.69 Å². The molecule has 0 spiro atoms. The van der Waals surface area contributed by atoms with Crippen molar-refractivity contribution in [2.45, 2.75) is 13.5 Å². The summed E-state index contributed by atoms with van der Waals surface area (Å²) in [6.45, 7) is 4.21. The number of anilines is 1. The smallest absolute Gasteiger partial charge is 0.279 e. The average Bonchev–Trinajstić information content (AvgIpc) is 2.93. The van der Waals surface area contributed by atoms with Gasteiger partial charge < -0.3 is 10.2 Å². The molecule has 0 aliphatic rings. The lowest BCUT2D eigenvalue weighted by molar-refractivity contribution is -0.903. The van der Waals surface area contributed by atoms with Crippen LogP contribution in [0, 0.1) is 5.82 Å². The molecule has 1 atom stereocenters. The Morgan fingerprint density at radius 3 is 2.65 bits per heavy atom. The zero-order valence-corrected chi connectivity index (χ0v) is 12.2. The molecule has 1 amide bonds. The van der Waals surface area contributed by atoms with Gasteiger partial charge in [-0.15, -0.1) is 11.3 Å². The Morgan fingerprint density at radius 2 is 2.05 bits per heavy atom. The summed E-state index contributed by atoms with van der Waals surface area (Å²) in [5, 5.41) is 4.83. The summed E-state index contributed by atoms with van der Waals surface area (Å²) in [7, 11) is 0. The minimum Gasteiger partial charge on any atom is -0.323 e. The van der Waals surface area contributed by atoms with E-state index >= 15 is 0 Å². The Morgan fingerprint density at radius 1 is 1.30 bits per heavy atom. The van der Waals surface area contributed by atoms with E-state index in [1.807, 2.05) is 11.4 Å². The standard InChI is InChI=1S/C15H17FN2OS/c1-2-18(10-14-4-3-9-20-14)11-15(19)17-13-7-5-12(16)6-8-13/h3-9H,2,10-11H2,1H3,(H,17,19)/p+1. The van der Waals surface area contributed by atoms with Crippen molar-refractivity contribution < 1.29 is 14.1 Å². The van der Waals surface area contributed by atoms with Crippen LogP contribution in [0.25, 0.3) is 0 Å². The number of halogens is 1. The molecular formula is C15H18FN2OS+. The summed E-state index contributed by atoms with van der Waals surface area (Å²) in [6.07, 6.45) is 0. The van der Waals surface area contributed by atoms with Crippen LogP contribution in [0.2, 0.25) is 0 Å². The number of rotatable bonds is 6. The second kappa shape index (κ2) is 7.17. The third kappa shape index (κ3) is 4.43. The zero-order chi connectivity index (χ0) is 14.4. The molecular weight excluding hydrogens is 275 g/mol. The number of benzene rings is 1. The van der Waals surface area contributed by atoms with E-state index in [0.717, 1.165) is 13.1 Å². The van der Waals surface area contributed by atoms with Crippen LogP contribution < -0.4 is 10.2 Å². The van der Waals surface area contributed by atoms with Gasteiger partial charge in [-0.3, -0.25) is 4.79 Å². The fourth-order valence-corrected chi connectivity index (χ4v) is 2.71. The molecule has 1 aromatic heterocycles. The number of hydrogen-bond donors (Lipinski definition) is 2. The van der Waals surface area contributed by atoms with Gasteiger partial charge in [0.25, 0.3) is 5.91 Å². The first-order valence-electron chi connectivity index (χ1n) is 6.58. The predicted octanol–water partition coefficient (Wildman–Crippen LogP) is 1.93. The van der Waals surface area contributed by atoms with Gasteiger partial charge in [0.1, 0.15) is 12.4 Å². The molecule has 0 aliphatic carbocycles. The first kappa shape index (κ1) is 14.7. The van der Waals surface area contributed by atoms with Crippen molar-refractivity contribution in [1.82, 2.24) is 0 Å². The van der Waals surface area contributed by atoms with Gasteiger partial charge in [0.2, 0.25) is 0 Å². The zero-order valence-electron chi connectivity index (χ0n) is 11.4. The highest BCUT2D eigenvalue weighted by Crippen LogP contribution is 2.08. The molecule has 0 fully saturated rings. The Kier molecular flexibility index (Phi) is 5.26. The third-order valence-electron chi connectivity index (χ3n) is 3.04. The van der Waals surface area contributed by atoms with E-state index < -0.39 is 0 Å². The Balaban J connectivity index is 1.87. The van der Waals surface area contributed by atoms with Crippen molar-refractivity contribution in [1.29, 1.82) is 0 Å². The van der Waals surface area contributed by atoms with Gasteiger partial charge in [-0.1, -0.05) is 6.07 Å². The second-order valence-electron chi connectivity index (χ2n) is 4.59. The minimum absolute atomic E-state index is 0.0509. The van der Waals surface area contributed by atoms with Gasteiger partial charge in [-0.25, -0.2) is 4.39 Å². The third-order valence-corrected chi connectivity index (χ3v) is 3.92. The molecule has 1 heterocycles. The van der Waals surface area contributed by atoms with Gasteiger partial charge in [0.05, 0.1) is 11.4 Å². The van der Waals surface area contributed by atoms with Crippen LogP contribution in [0.4, 0.5) is 10.1 Å². The van der Waals surface area contributed by atoms with Crippen molar-refractivity contribution in [2.75, 3.05) is 18.4 Å². The fourth-order valence-electron chi connectivity index (χ4n) is 1.94. The number of carbonyl (C=O) groups is 1. The number of nitrogens with one attached hydrogen (secondary N) is 2. The van der Waals surface area contributed by atoms with Gasteiger partial charge in [-0.2, -0.15) is 0 Å². The molecule has 0 saturated heterocycles. The van der Waals surface area contributed by atoms with E-state index in [2.05, 4.69) is 18.3 Å². The van der Waals surface area contributed by atoms with Crippen molar-refractivity contribution >= 4 is 22.9 Å². The topological polar surface area (TPSA) is 33.5 Å². The molecule has 0 bridgehead atoms. The Hall–Kier alpha value is -1.72. The Labute approximate surface area is 122 Å². The van der Waals surface area contributed by atoms with E-state index in [-0.39, 0.29) is 11.7 Å². The first-order chi connectivity index (χ1) is 9.67. The van der Waals surface area contributed by atoms with Crippen molar-refractivity contribution in [3.05, 3.63) is 52.5 Å². The van der Waals surface area contributed by atoms with E-state index in [0.29, 0.717) is 12.2 Å². The fraction of sp³-hybridized carbons (Fsp3) is 0.267. The summed E-state index contributed by atoms with van der Waals surface area (Å²) >= 11 is 1.71. The van der Waals surface area contributed by atoms with E-state index in [9.17, 15) is 9.18 Å². The predicted molar refractivity (Wildman–Crippen MR) is 79.4 cm³/mol. The molecule has 3 nitrogen and oxygen atoms in total. The SMILES string of the molecule is CC[NH+](CC(=O)Nc1ccc(F)cc1)Cc1cccs1. The van der Waals surface area contributed by atoms with E-state index in [4.69, 9.17) is 0 Å². The highest BCUT2D eigenvalue weighted by molar-refractivity contribution is 7.09. The number of carbonyl (C=O) groups excluding carboxylic acids is 1. The molecule has 2 rings (SSSR count). The lowest BCUT2D eigenvalue weighted by Crippen LogP contribution is -3.11. The molecule has 20 heavy (non-hydrogen) atoms. The van der Waals surface area contributed by atoms with Crippen LogP contribution in [0.3, 0.4) is 0 Å². The largest absolute Gasteiger partial charge is 0.323 e. The average molecular weight is 293 g/mol. The number of likely N-dealkylation sites (N-methyl/N-ethyl adjacent to an activating group) is 1. The molecule has 1 unspecified atom stereocenters. The van der Waals surface area contributed by atoms with Crippen LogP contribution in [0.5, 0.6) is 0 Å². The number of hydrogen-bond acceptors (Lipinski definition) is 2. The highest BCUT2D eigenvalue weighted by atomic mass is 32.1. The van der Waals surface area contributed by atoms with Crippen LogP contribution in [-0.4, -0.2) is 19.0 Å². The Bertz CT molecular complexity index is 540. The van der Waals surface area contributed by atoms with E-state index in [1.54, 1.807) is 23.5 Å². The molecule has 2 aromatic rings. The lowest BCUT2D eigenvalue weighted by Gasteiger charge is -2.16. The second-order valence-corrected chi connectivity index (χ2v) is 5.62. The van der Waals surface area contributed by atoms with Crippen molar-refractivity contribution in [3.8, 4) is 0 Å².